The monoisotopic (exact) mass is 377 g/mol. The minimum Gasteiger partial charge on any atom is -0.354 e. The quantitative estimate of drug-likeness (QED) is 0.619. The van der Waals surface area contributed by atoms with Crippen LogP contribution in [-0.4, -0.2) is 16.5 Å². The summed E-state index contributed by atoms with van der Waals surface area (Å²) in [5, 5.41) is 1.89. The van der Waals surface area contributed by atoms with Crippen molar-refractivity contribution in [2.45, 2.75) is 19.3 Å². The van der Waals surface area contributed by atoms with Crippen molar-refractivity contribution in [3.8, 4) is 11.3 Å². The fourth-order valence-corrected chi connectivity index (χ4v) is 3.31. The Bertz CT molecular complexity index is 798. The Morgan fingerprint density at radius 3 is 2.86 bits per heavy atom. The Labute approximate surface area is 143 Å². The number of hydrogen-bond donors (Lipinski definition) is 2. The van der Waals surface area contributed by atoms with Crippen LogP contribution in [0.1, 0.15) is 18.4 Å². The minimum atomic E-state index is 0.660. The number of halogens is 2. The molecule has 0 aliphatic heterocycles. The fourth-order valence-electron chi connectivity index (χ4n) is 2.73. The fraction of sp³-hybridized carbons (Fsp3) is 0.235. The minimum absolute atomic E-state index is 0.660. The number of hydrogen-bond acceptors (Lipinski definition) is 2. The second-order valence-electron chi connectivity index (χ2n) is 5.27. The van der Waals surface area contributed by atoms with Crippen LogP contribution < -0.4 is 5.73 Å². The Kier molecular flexibility index (Phi) is 4.81. The van der Waals surface area contributed by atoms with Crippen LogP contribution in [0.15, 0.2) is 41.1 Å². The number of nitrogens with zero attached hydrogens (tertiary/aromatic N) is 1. The highest BCUT2D eigenvalue weighted by Crippen LogP contribution is 2.35. The molecule has 0 saturated carbocycles. The van der Waals surface area contributed by atoms with Gasteiger partial charge in [0.1, 0.15) is 0 Å². The van der Waals surface area contributed by atoms with Gasteiger partial charge in [-0.3, -0.25) is 4.98 Å². The van der Waals surface area contributed by atoms with Crippen molar-refractivity contribution in [2.75, 3.05) is 6.54 Å². The van der Waals surface area contributed by atoms with Crippen molar-refractivity contribution in [3.63, 3.8) is 0 Å². The molecule has 0 saturated heterocycles. The largest absolute Gasteiger partial charge is 0.354 e. The Morgan fingerprint density at radius 2 is 2.09 bits per heavy atom. The molecule has 3 N–H and O–H groups in total. The third-order valence-electron chi connectivity index (χ3n) is 3.79. The number of benzene rings is 1. The Morgan fingerprint density at radius 1 is 1.23 bits per heavy atom. The van der Waals surface area contributed by atoms with E-state index < -0.39 is 0 Å². The zero-order valence-electron chi connectivity index (χ0n) is 12.1. The highest BCUT2D eigenvalue weighted by Gasteiger charge is 2.15. The molecular formula is C17H17BrClN3. The molecule has 2 heterocycles. The van der Waals surface area contributed by atoms with E-state index in [4.69, 9.17) is 17.3 Å². The highest BCUT2D eigenvalue weighted by atomic mass is 79.9. The number of fused-ring (bicyclic) bond motifs is 1. The van der Waals surface area contributed by atoms with Gasteiger partial charge in [-0.2, -0.15) is 0 Å². The van der Waals surface area contributed by atoms with E-state index in [-0.39, 0.29) is 0 Å². The lowest BCUT2D eigenvalue weighted by atomic mass is 10.0. The normalized spacial score (nSPS) is 11.2. The van der Waals surface area contributed by atoms with Crippen LogP contribution in [0.5, 0.6) is 0 Å². The summed E-state index contributed by atoms with van der Waals surface area (Å²) in [5.74, 6) is 0. The van der Waals surface area contributed by atoms with E-state index in [0.29, 0.717) is 5.02 Å². The smallest absolute Gasteiger partial charge is 0.0682 e. The van der Waals surface area contributed by atoms with Gasteiger partial charge in [0.05, 0.1) is 10.7 Å². The van der Waals surface area contributed by atoms with Gasteiger partial charge in [0.2, 0.25) is 0 Å². The van der Waals surface area contributed by atoms with E-state index in [1.165, 1.54) is 10.9 Å². The molecular weight excluding hydrogens is 362 g/mol. The molecule has 3 aromatic rings. The number of rotatable bonds is 5. The van der Waals surface area contributed by atoms with Gasteiger partial charge in [0, 0.05) is 33.3 Å². The van der Waals surface area contributed by atoms with Crippen LogP contribution in [0.25, 0.3) is 22.2 Å². The van der Waals surface area contributed by atoms with Crippen LogP contribution in [0.2, 0.25) is 5.02 Å². The Balaban J connectivity index is 2.15. The molecule has 114 valence electrons. The molecule has 2 aromatic heterocycles. The van der Waals surface area contributed by atoms with Gasteiger partial charge in [-0.05, 0) is 55.6 Å². The van der Waals surface area contributed by atoms with Crippen molar-refractivity contribution in [2.24, 2.45) is 5.73 Å². The molecule has 0 spiro atoms. The maximum absolute atomic E-state index is 6.34. The lowest BCUT2D eigenvalue weighted by Crippen LogP contribution is -1.99. The lowest BCUT2D eigenvalue weighted by Gasteiger charge is -2.06. The molecule has 0 amide bonds. The molecule has 0 atom stereocenters. The SMILES string of the molecule is NCCCCc1c(-c2ccncc2Cl)[nH]c2ccc(Br)cc12. The molecule has 5 heteroatoms. The zero-order valence-corrected chi connectivity index (χ0v) is 14.4. The number of aryl methyl sites for hydroxylation is 1. The van der Waals surface area contributed by atoms with Gasteiger partial charge in [0.25, 0.3) is 0 Å². The summed E-state index contributed by atoms with van der Waals surface area (Å²) < 4.78 is 1.08. The molecule has 0 fully saturated rings. The summed E-state index contributed by atoms with van der Waals surface area (Å²) in [6.45, 7) is 0.720. The van der Waals surface area contributed by atoms with Crippen LogP contribution in [-0.2, 0) is 6.42 Å². The van der Waals surface area contributed by atoms with Crippen LogP contribution in [0.4, 0.5) is 0 Å². The summed E-state index contributed by atoms with van der Waals surface area (Å²) in [7, 11) is 0. The van der Waals surface area contributed by atoms with E-state index in [1.54, 1.807) is 12.4 Å². The van der Waals surface area contributed by atoms with Gasteiger partial charge in [-0.15, -0.1) is 0 Å². The first-order valence-electron chi connectivity index (χ1n) is 7.30. The number of aromatic nitrogens is 2. The molecule has 22 heavy (non-hydrogen) atoms. The maximum Gasteiger partial charge on any atom is 0.0682 e. The summed E-state index contributed by atoms with van der Waals surface area (Å²) >= 11 is 9.90. The Hall–Kier alpha value is -1.36. The zero-order chi connectivity index (χ0) is 15.5. The average molecular weight is 379 g/mol. The molecule has 3 nitrogen and oxygen atoms in total. The third-order valence-corrected chi connectivity index (χ3v) is 4.59. The number of aromatic amines is 1. The molecule has 0 radical (unpaired) electrons. The van der Waals surface area contributed by atoms with Crippen molar-refractivity contribution in [1.82, 2.24) is 9.97 Å². The molecule has 0 aliphatic rings. The number of nitrogens with two attached hydrogens (primary N) is 1. The number of pyridine rings is 1. The summed E-state index contributed by atoms with van der Waals surface area (Å²) in [4.78, 5) is 7.58. The maximum atomic E-state index is 6.34. The van der Waals surface area contributed by atoms with Crippen LogP contribution in [0, 0.1) is 0 Å². The number of unbranched alkanes of at least 4 members (excludes halogenated alkanes) is 1. The second-order valence-corrected chi connectivity index (χ2v) is 6.59. The lowest BCUT2D eigenvalue weighted by molar-refractivity contribution is 0.748. The third kappa shape index (κ3) is 3.05. The van der Waals surface area contributed by atoms with Crippen molar-refractivity contribution >= 4 is 38.4 Å². The molecule has 3 rings (SSSR count). The van der Waals surface area contributed by atoms with E-state index >= 15 is 0 Å². The van der Waals surface area contributed by atoms with E-state index in [2.05, 4.69) is 38.0 Å². The van der Waals surface area contributed by atoms with Gasteiger partial charge in [-0.1, -0.05) is 27.5 Å². The summed E-state index contributed by atoms with van der Waals surface area (Å²) in [5.41, 5.74) is 10.1. The van der Waals surface area contributed by atoms with Gasteiger partial charge in [0.15, 0.2) is 0 Å². The average Bonchev–Trinajstić information content (AvgIpc) is 2.86. The van der Waals surface area contributed by atoms with Crippen molar-refractivity contribution in [1.29, 1.82) is 0 Å². The molecule has 0 unspecified atom stereocenters. The topological polar surface area (TPSA) is 54.7 Å². The van der Waals surface area contributed by atoms with E-state index in [1.807, 2.05) is 12.1 Å². The second kappa shape index (κ2) is 6.82. The first-order chi connectivity index (χ1) is 10.7. The van der Waals surface area contributed by atoms with Gasteiger partial charge in [-0.25, -0.2) is 0 Å². The van der Waals surface area contributed by atoms with Crippen LogP contribution >= 0.6 is 27.5 Å². The van der Waals surface area contributed by atoms with E-state index in [9.17, 15) is 0 Å². The standard InChI is InChI=1S/C17H17BrClN3/c18-11-4-5-16-14(9-11)12(3-1-2-7-20)17(22-16)13-6-8-21-10-15(13)19/h4-6,8-10,22H,1-3,7,20H2. The van der Waals surface area contributed by atoms with E-state index in [0.717, 1.165) is 47.1 Å². The summed E-state index contributed by atoms with van der Waals surface area (Å²) in [6, 6.07) is 8.24. The first kappa shape index (κ1) is 15.5. The van der Waals surface area contributed by atoms with Gasteiger partial charge < -0.3 is 10.7 Å². The van der Waals surface area contributed by atoms with Crippen molar-refractivity contribution < 1.29 is 0 Å². The van der Waals surface area contributed by atoms with Crippen LogP contribution in [0.3, 0.4) is 0 Å². The molecule has 0 bridgehead atoms. The van der Waals surface area contributed by atoms with Crippen molar-refractivity contribution in [3.05, 3.63) is 51.7 Å². The first-order valence-corrected chi connectivity index (χ1v) is 8.48. The predicted octanol–water partition coefficient (Wildman–Crippen LogP) is 4.93. The highest BCUT2D eigenvalue weighted by molar-refractivity contribution is 9.10. The van der Waals surface area contributed by atoms with Gasteiger partial charge >= 0.3 is 0 Å². The number of nitrogens with one attached hydrogen (secondary N) is 1. The molecule has 0 aliphatic carbocycles. The molecule has 1 aromatic carbocycles. The summed E-state index contributed by atoms with van der Waals surface area (Å²) in [6.07, 6.45) is 6.51. The number of H-pyrrole nitrogens is 1. The predicted molar refractivity (Wildman–Crippen MR) is 96.2 cm³/mol.